The van der Waals surface area contributed by atoms with Crippen molar-refractivity contribution in [3.63, 3.8) is 0 Å². The van der Waals surface area contributed by atoms with Crippen molar-refractivity contribution in [3.8, 4) is 5.75 Å². The van der Waals surface area contributed by atoms with Crippen LogP contribution in [0, 0.1) is 6.92 Å². The molecule has 2 heterocycles. The maximum Gasteiger partial charge on any atom is 0.220 e. The molecule has 1 aromatic carbocycles. The number of nitrogens with one attached hydrogen (secondary N) is 2. The molecule has 0 unspecified atom stereocenters. The predicted molar refractivity (Wildman–Crippen MR) is 97.4 cm³/mol. The number of rotatable bonds is 7. The van der Waals surface area contributed by atoms with E-state index in [9.17, 15) is 4.79 Å². The van der Waals surface area contributed by atoms with Crippen molar-refractivity contribution in [1.29, 1.82) is 0 Å². The highest BCUT2D eigenvalue weighted by atomic mass is 16.5. The molecule has 25 heavy (non-hydrogen) atoms. The number of hydrogen-bond donors (Lipinski definition) is 2. The van der Waals surface area contributed by atoms with Crippen LogP contribution in [0.25, 0.3) is 0 Å². The van der Waals surface area contributed by atoms with Crippen LogP contribution in [0.1, 0.15) is 35.2 Å². The molecule has 0 bridgehead atoms. The van der Waals surface area contributed by atoms with E-state index in [0.717, 1.165) is 31.0 Å². The summed E-state index contributed by atoms with van der Waals surface area (Å²) < 4.78 is 5.62. The molecule has 1 aliphatic heterocycles. The Labute approximate surface area is 148 Å². The van der Waals surface area contributed by atoms with E-state index < -0.39 is 0 Å². The molecular weight excluding hydrogens is 314 g/mol. The number of nitrogens with zero attached hydrogens (tertiary/aromatic N) is 1. The smallest absolute Gasteiger partial charge is 0.220 e. The molecule has 2 aromatic rings. The standard InChI is InChI=1S/C20H25N3O2/c1-15-19(18-9-10-21-12-16(18)13-22-15)14-23-20(24)8-5-11-25-17-6-3-2-4-7-17/h2-4,6-7,13,21H,5,8-12,14H2,1H3,(H,23,24). The van der Waals surface area contributed by atoms with E-state index in [1.807, 2.05) is 43.5 Å². The lowest BCUT2D eigenvalue weighted by Gasteiger charge is -2.21. The lowest BCUT2D eigenvalue weighted by molar-refractivity contribution is -0.121. The summed E-state index contributed by atoms with van der Waals surface area (Å²) in [5.74, 6) is 0.900. The number of carbonyl (C=O) groups excluding carboxylic acids is 1. The molecular formula is C20H25N3O2. The van der Waals surface area contributed by atoms with E-state index in [0.29, 0.717) is 26.0 Å². The fraction of sp³-hybridized carbons (Fsp3) is 0.400. The molecule has 132 valence electrons. The van der Waals surface area contributed by atoms with Gasteiger partial charge in [-0.25, -0.2) is 0 Å². The monoisotopic (exact) mass is 339 g/mol. The Bertz CT molecular complexity index is 716. The number of ether oxygens (including phenoxy) is 1. The minimum absolute atomic E-state index is 0.0580. The minimum Gasteiger partial charge on any atom is -0.494 e. The van der Waals surface area contributed by atoms with Crippen LogP contribution < -0.4 is 15.4 Å². The summed E-state index contributed by atoms with van der Waals surface area (Å²) in [5, 5.41) is 6.39. The second-order valence-electron chi connectivity index (χ2n) is 6.29. The van der Waals surface area contributed by atoms with E-state index >= 15 is 0 Å². The molecule has 0 saturated carbocycles. The van der Waals surface area contributed by atoms with Crippen molar-refractivity contribution >= 4 is 5.91 Å². The molecule has 1 amide bonds. The number of carbonyl (C=O) groups is 1. The highest BCUT2D eigenvalue weighted by molar-refractivity contribution is 5.75. The minimum atomic E-state index is 0.0580. The normalized spacial score (nSPS) is 13.2. The topological polar surface area (TPSA) is 63.2 Å². The Kier molecular flexibility index (Phi) is 6.01. The van der Waals surface area contributed by atoms with Gasteiger partial charge in [0.2, 0.25) is 5.91 Å². The molecule has 0 aliphatic carbocycles. The summed E-state index contributed by atoms with van der Waals surface area (Å²) in [6, 6.07) is 9.67. The fourth-order valence-electron chi connectivity index (χ4n) is 3.09. The molecule has 0 spiro atoms. The molecule has 0 atom stereocenters. The molecule has 5 nitrogen and oxygen atoms in total. The van der Waals surface area contributed by atoms with Crippen molar-refractivity contribution in [2.75, 3.05) is 13.2 Å². The summed E-state index contributed by atoms with van der Waals surface area (Å²) in [7, 11) is 0. The van der Waals surface area contributed by atoms with Crippen LogP contribution >= 0.6 is 0 Å². The lowest BCUT2D eigenvalue weighted by Crippen LogP contribution is -2.28. The molecule has 1 aromatic heterocycles. The van der Waals surface area contributed by atoms with E-state index in [2.05, 4.69) is 15.6 Å². The van der Waals surface area contributed by atoms with Crippen LogP contribution in [-0.2, 0) is 24.3 Å². The van der Waals surface area contributed by atoms with Gasteiger partial charge < -0.3 is 15.4 Å². The van der Waals surface area contributed by atoms with Crippen LogP contribution in [0.2, 0.25) is 0 Å². The summed E-state index contributed by atoms with van der Waals surface area (Å²) in [6.07, 6.45) is 4.11. The third kappa shape index (κ3) is 4.79. The van der Waals surface area contributed by atoms with Crippen molar-refractivity contribution in [1.82, 2.24) is 15.6 Å². The average Bonchev–Trinajstić information content (AvgIpc) is 2.65. The van der Waals surface area contributed by atoms with Gasteiger partial charge >= 0.3 is 0 Å². The van der Waals surface area contributed by atoms with Gasteiger partial charge in [-0.05, 0) is 55.1 Å². The Hall–Kier alpha value is -2.40. The lowest BCUT2D eigenvalue weighted by atomic mass is 9.96. The number of fused-ring (bicyclic) bond motifs is 1. The number of aromatic nitrogens is 1. The zero-order chi connectivity index (χ0) is 17.5. The van der Waals surface area contributed by atoms with Crippen LogP contribution in [-0.4, -0.2) is 24.0 Å². The molecule has 0 fully saturated rings. The second-order valence-corrected chi connectivity index (χ2v) is 6.29. The maximum absolute atomic E-state index is 12.1. The SMILES string of the molecule is Cc1ncc2c(c1CNC(=O)CCCOc1ccccc1)CCNC2. The number of aryl methyl sites for hydroxylation is 1. The molecule has 3 rings (SSSR count). The van der Waals surface area contributed by atoms with Crippen LogP contribution in [0.4, 0.5) is 0 Å². The number of amides is 1. The zero-order valence-electron chi connectivity index (χ0n) is 14.7. The van der Waals surface area contributed by atoms with Crippen molar-refractivity contribution in [2.45, 2.75) is 39.3 Å². The van der Waals surface area contributed by atoms with Gasteiger partial charge in [-0.15, -0.1) is 0 Å². The van der Waals surface area contributed by atoms with Gasteiger partial charge in [0.05, 0.1) is 6.61 Å². The molecule has 0 saturated heterocycles. The van der Waals surface area contributed by atoms with Crippen molar-refractivity contribution < 1.29 is 9.53 Å². The Balaban J connectivity index is 1.45. The Morgan fingerprint density at radius 1 is 1.32 bits per heavy atom. The summed E-state index contributed by atoms with van der Waals surface area (Å²) in [6.45, 7) is 4.96. The first-order chi connectivity index (χ1) is 12.2. The fourth-order valence-corrected chi connectivity index (χ4v) is 3.09. The first kappa shape index (κ1) is 17.4. The number of hydrogen-bond acceptors (Lipinski definition) is 4. The summed E-state index contributed by atoms with van der Waals surface area (Å²) in [4.78, 5) is 16.6. The highest BCUT2D eigenvalue weighted by Crippen LogP contribution is 2.20. The van der Waals surface area contributed by atoms with Crippen LogP contribution in [0.15, 0.2) is 36.5 Å². The molecule has 5 heteroatoms. The zero-order valence-corrected chi connectivity index (χ0v) is 14.7. The van der Waals surface area contributed by atoms with E-state index in [-0.39, 0.29) is 5.91 Å². The predicted octanol–water partition coefficient (Wildman–Crippen LogP) is 2.51. The average molecular weight is 339 g/mol. The molecule has 1 aliphatic rings. The van der Waals surface area contributed by atoms with Gasteiger partial charge in [0.1, 0.15) is 5.75 Å². The number of benzene rings is 1. The van der Waals surface area contributed by atoms with Gasteiger partial charge in [-0.3, -0.25) is 9.78 Å². The first-order valence-corrected chi connectivity index (χ1v) is 8.85. The van der Waals surface area contributed by atoms with Crippen LogP contribution in [0.5, 0.6) is 5.75 Å². The number of para-hydroxylation sites is 1. The highest BCUT2D eigenvalue weighted by Gasteiger charge is 2.16. The first-order valence-electron chi connectivity index (χ1n) is 8.85. The Morgan fingerprint density at radius 3 is 3.00 bits per heavy atom. The van der Waals surface area contributed by atoms with Crippen molar-refractivity contribution in [3.05, 3.63) is 58.9 Å². The second kappa shape index (κ2) is 8.62. The summed E-state index contributed by atoms with van der Waals surface area (Å²) in [5.41, 5.74) is 4.78. The number of pyridine rings is 1. The van der Waals surface area contributed by atoms with Gasteiger partial charge in [-0.2, -0.15) is 0 Å². The van der Waals surface area contributed by atoms with E-state index in [4.69, 9.17) is 4.74 Å². The van der Waals surface area contributed by atoms with Gasteiger partial charge in [0.15, 0.2) is 0 Å². The van der Waals surface area contributed by atoms with Gasteiger partial charge in [-0.1, -0.05) is 18.2 Å². The quantitative estimate of drug-likeness (QED) is 0.761. The molecule has 2 N–H and O–H groups in total. The van der Waals surface area contributed by atoms with Crippen LogP contribution in [0.3, 0.4) is 0 Å². The van der Waals surface area contributed by atoms with Gasteiger partial charge in [0.25, 0.3) is 0 Å². The maximum atomic E-state index is 12.1. The third-order valence-electron chi connectivity index (χ3n) is 4.49. The van der Waals surface area contributed by atoms with Crippen molar-refractivity contribution in [2.24, 2.45) is 0 Å². The largest absolute Gasteiger partial charge is 0.494 e. The molecule has 0 radical (unpaired) electrons. The van der Waals surface area contributed by atoms with E-state index in [1.54, 1.807) is 0 Å². The van der Waals surface area contributed by atoms with E-state index in [1.165, 1.54) is 16.7 Å². The Morgan fingerprint density at radius 2 is 2.16 bits per heavy atom. The van der Waals surface area contributed by atoms with Gasteiger partial charge in [0, 0.05) is 31.4 Å². The third-order valence-corrected chi connectivity index (χ3v) is 4.49. The summed E-state index contributed by atoms with van der Waals surface area (Å²) >= 11 is 0.